The Labute approximate surface area is 236 Å². The summed E-state index contributed by atoms with van der Waals surface area (Å²) in [5, 5.41) is 0. The Balaban J connectivity index is 1.39. The normalized spacial score (nSPS) is 24.4. The van der Waals surface area contributed by atoms with Crippen molar-refractivity contribution in [3.8, 4) is 0 Å². The molecule has 5 rings (SSSR count). The average molecular weight is 554 g/mol. The van der Waals surface area contributed by atoms with Crippen molar-refractivity contribution >= 4 is 23.7 Å². The molecule has 1 spiro atoms. The van der Waals surface area contributed by atoms with Gasteiger partial charge in [-0.2, -0.15) is 11.8 Å². The molecule has 3 atom stereocenters. The number of nitrogens with zero attached hydrogens (tertiary/aromatic N) is 1. The third kappa shape index (κ3) is 5.62. The minimum Gasteiger partial charge on any atom is -0.459 e. The van der Waals surface area contributed by atoms with Gasteiger partial charge in [-0.15, -0.1) is 0 Å². The highest BCUT2D eigenvalue weighted by atomic mass is 32.2. The summed E-state index contributed by atoms with van der Waals surface area (Å²) in [6, 6.07) is 19.1. The maximum Gasteiger partial charge on any atom is 0.348 e. The molecule has 3 saturated heterocycles. The lowest BCUT2D eigenvalue weighted by Crippen LogP contribution is -2.60. The molecule has 3 heterocycles. The fourth-order valence-corrected chi connectivity index (χ4v) is 7.65. The van der Waals surface area contributed by atoms with Crippen LogP contribution in [0.4, 0.5) is 0 Å². The summed E-state index contributed by atoms with van der Waals surface area (Å²) in [4.78, 5) is 26.9. The van der Waals surface area contributed by atoms with Crippen molar-refractivity contribution in [3.05, 3.63) is 71.8 Å². The Morgan fingerprint density at radius 1 is 0.974 bits per heavy atom. The molecule has 2 unspecified atom stereocenters. The fourth-order valence-electron chi connectivity index (χ4n) is 7.16. The monoisotopic (exact) mass is 553 g/mol. The maximum absolute atomic E-state index is 14.3. The number of benzene rings is 2. The molecule has 39 heavy (non-hydrogen) atoms. The van der Waals surface area contributed by atoms with Crippen molar-refractivity contribution in [3.63, 3.8) is 0 Å². The topological polar surface area (TPSA) is 87.9 Å². The Hall–Kier alpha value is -2.39. The zero-order valence-electron chi connectivity index (χ0n) is 22.8. The Morgan fingerprint density at radius 3 is 2.08 bits per heavy atom. The molecular formula is C31H41N2O5S+. The predicted octanol–water partition coefficient (Wildman–Crippen LogP) is 4.38. The Morgan fingerprint density at radius 2 is 1.54 bits per heavy atom. The second kappa shape index (κ2) is 12.4. The first-order valence-corrected chi connectivity index (χ1v) is 15.6. The van der Waals surface area contributed by atoms with Gasteiger partial charge in [-0.25, -0.2) is 4.79 Å². The van der Waals surface area contributed by atoms with E-state index < -0.39 is 30.4 Å². The highest BCUT2D eigenvalue weighted by molar-refractivity contribution is 7.98. The van der Waals surface area contributed by atoms with Gasteiger partial charge in [-0.3, -0.25) is 4.79 Å². The van der Waals surface area contributed by atoms with Crippen molar-refractivity contribution < 1.29 is 28.3 Å². The quantitative estimate of drug-likeness (QED) is 0.251. The van der Waals surface area contributed by atoms with E-state index in [1.165, 1.54) is 43.3 Å². The molecule has 2 N–H and O–H groups in total. The molecule has 0 aromatic heterocycles. The van der Waals surface area contributed by atoms with Gasteiger partial charge in [-0.05, 0) is 29.6 Å². The standard InChI is InChI=1S/C31H41N2O5S/c1-39-19-16-28(32)29(34)36-22-37-31(23-10-4-2-5-11-23,24-12-6-3-7-13-24)30(35)38-27-20-25-14-15-26(21-27)33(25)17-8-9-18-33/h2-7,10-13,25-28H,8-9,14-22,32H2,1H3/q+1/t25?,26?,27?,28-/m0/s1. The molecule has 3 fully saturated rings. The lowest BCUT2D eigenvalue weighted by molar-refractivity contribution is -0.956. The predicted molar refractivity (Wildman–Crippen MR) is 152 cm³/mol. The van der Waals surface area contributed by atoms with Crippen molar-refractivity contribution in [2.24, 2.45) is 5.73 Å². The highest BCUT2D eigenvalue weighted by Crippen LogP contribution is 2.47. The number of carbonyl (C=O) groups is 2. The summed E-state index contributed by atoms with van der Waals surface area (Å²) in [6.07, 6.45) is 9.13. The number of esters is 2. The summed E-state index contributed by atoms with van der Waals surface area (Å²) in [5.41, 5.74) is 5.68. The van der Waals surface area contributed by atoms with E-state index in [4.69, 9.17) is 19.9 Å². The molecule has 8 heteroatoms. The van der Waals surface area contributed by atoms with Crippen LogP contribution in [-0.4, -0.2) is 72.5 Å². The van der Waals surface area contributed by atoms with Gasteiger partial charge in [0, 0.05) is 38.5 Å². The van der Waals surface area contributed by atoms with Crippen LogP contribution in [-0.2, 0) is 29.4 Å². The second-order valence-electron chi connectivity index (χ2n) is 11.2. The van der Waals surface area contributed by atoms with E-state index in [-0.39, 0.29) is 6.10 Å². The molecule has 0 amide bonds. The van der Waals surface area contributed by atoms with Crippen LogP contribution in [0.25, 0.3) is 0 Å². The van der Waals surface area contributed by atoms with Crippen LogP contribution in [0.3, 0.4) is 0 Å². The summed E-state index contributed by atoms with van der Waals surface area (Å²) in [6.45, 7) is 2.11. The van der Waals surface area contributed by atoms with Gasteiger partial charge in [0.1, 0.15) is 12.1 Å². The van der Waals surface area contributed by atoms with E-state index in [1.54, 1.807) is 11.8 Å². The van der Waals surface area contributed by atoms with Crippen molar-refractivity contribution in [2.45, 2.75) is 74.8 Å². The van der Waals surface area contributed by atoms with Crippen molar-refractivity contribution in [2.75, 3.05) is 31.9 Å². The van der Waals surface area contributed by atoms with Crippen LogP contribution in [0.15, 0.2) is 60.7 Å². The first-order valence-electron chi connectivity index (χ1n) is 14.2. The number of hydrogen-bond donors (Lipinski definition) is 1. The number of carbonyl (C=O) groups excluding carboxylic acids is 2. The summed E-state index contributed by atoms with van der Waals surface area (Å²) in [5.74, 6) is -0.261. The van der Waals surface area contributed by atoms with E-state index >= 15 is 0 Å². The van der Waals surface area contributed by atoms with E-state index in [2.05, 4.69) is 0 Å². The van der Waals surface area contributed by atoms with Gasteiger partial charge >= 0.3 is 11.9 Å². The van der Waals surface area contributed by atoms with Crippen LogP contribution in [0.5, 0.6) is 0 Å². The molecule has 2 aromatic carbocycles. The molecule has 7 nitrogen and oxygen atoms in total. The van der Waals surface area contributed by atoms with E-state index in [9.17, 15) is 9.59 Å². The van der Waals surface area contributed by atoms with Gasteiger partial charge in [0.25, 0.3) is 0 Å². The van der Waals surface area contributed by atoms with E-state index in [1.807, 2.05) is 66.9 Å². The van der Waals surface area contributed by atoms with Crippen molar-refractivity contribution in [1.82, 2.24) is 0 Å². The first-order chi connectivity index (χ1) is 19.0. The summed E-state index contributed by atoms with van der Waals surface area (Å²) in [7, 11) is 0. The second-order valence-corrected chi connectivity index (χ2v) is 12.2. The minimum absolute atomic E-state index is 0.155. The van der Waals surface area contributed by atoms with Gasteiger partial charge in [0.05, 0.1) is 25.2 Å². The lowest BCUT2D eigenvalue weighted by Gasteiger charge is -2.47. The van der Waals surface area contributed by atoms with Gasteiger partial charge in [0.2, 0.25) is 5.60 Å². The summed E-state index contributed by atoms with van der Waals surface area (Å²) < 4.78 is 19.4. The van der Waals surface area contributed by atoms with Crippen LogP contribution in [0, 0.1) is 0 Å². The smallest absolute Gasteiger partial charge is 0.348 e. The number of piperidine rings is 1. The van der Waals surface area contributed by atoms with Gasteiger partial charge in [0.15, 0.2) is 6.79 Å². The van der Waals surface area contributed by atoms with Crippen molar-refractivity contribution in [1.29, 1.82) is 0 Å². The highest BCUT2D eigenvalue weighted by Gasteiger charge is 2.57. The third-order valence-corrected chi connectivity index (χ3v) is 9.73. The third-order valence-electron chi connectivity index (χ3n) is 9.09. The Kier molecular flexibility index (Phi) is 8.96. The average Bonchev–Trinajstić information content (AvgIpc) is 3.51. The van der Waals surface area contributed by atoms with E-state index in [0.717, 1.165) is 18.6 Å². The molecule has 0 radical (unpaired) electrons. The van der Waals surface area contributed by atoms with E-state index in [0.29, 0.717) is 29.6 Å². The zero-order chi connectivity index (χ0) is 27.3. The Bertz CT molecular complexity index is 1050. The molecule has 210 valence electrons. The number of nitrogens with two attached hydrogens (primary N) is 1. The largest absolute Gasteiger partial charge is 0.459 e. The molecule has 2 bridgehead atoms. The number of quaternary nitrogens is 1. The molecule has 3 aliphatic heterocycles. The van der Waals surface area contributed by atoms with Gasteiger partial charge < -0.3 is 24.4 Å². The molecule has 2 aromatic rings. The minimum atomic E-state index is -1.58. The lowest BCUT2D eigenvalue weighted by atomic mass is 9.85. The summed E-state index contributed by atoms with van der Waals surface area (Å²) >= 11 is 1.62. The van der Waals surface area contributed by atoms with Crippen LogP contribution in [0.1, 0.15) is 56.1 Å². The number of ether oxygens (including phenoxy) is 3. The molecule has 0 aliphatic carbocycles. The van der Waals surface area contributed by atoms with Crippen LogP contribution < -0.4 is 5.73 Å². The van der Waals surface area contributed by atoms with Gasteiger partial charge in [-0.1, -0.05) is 60.7 Å². The van der Waals surface area contributed by atoms with Crippen LogP contribution >= 0.6 is 11.8 Å². The molecule has 3 aliphatic rings. The number of thioether (sulfide) groups is 1. The fraction of sp³-hybridized carbons (Fsp3) is 0.548. The first kappa shape index (κ1) is 28.1. The molecule has 0 saturated carbocycles. The number of rotatable bonds is 11. The maximum atomic E-state index is 14.3. The zero-order valence-corrected chi connectivity index (χ0v) is 23.7. The molecular weight excluding hydrogens is 512 g/mol. The number of hydrogen-bond acceptors (Lipinski definition) is 7. The van der Waals surface area contributed by atoms with Crippen LogP contribution in [0.2, 0.25) is 0 Å². The SMILES string of the molecule is CSCC[C@H](N)C(=O)OCOC(C(=O)OC1CC2CCC(C1)[N+]21CCCC1)(c1ccccc1)c1ccccc1.